The maximum absolute atomic E-state index is 10.4. The molecule has 14 heavy (non-hydrogen) atoms. The maximum atomic E-state index is 10.4. The van der Waals surface area contributed by atoms with Crippen LogP contribution in [-0.4, -0.2) is 14.2 Å². The fourth-order valence-corrected chi connectivity index (χ4v) is 1.92. The van der Waals surface area contributed by atoms with Crippen molar-refractivity contribution in [3.63, 3.8) is 0 Å². The van der Waals surface area contributed by atoms with E-state index in [1.54, 1.807) is 0 Å². The summed E-state index contributed by atoms with van der Waals surface area (Å²) in [5.74, 6) is 0.762. The van der Waals surface area contributed by atoms with E-state index in [9.17, 15) is 8.42 Å². The van der Waals surface area contributed by atoms with E-state index in [1.807, 2.05) is 18.2 Å². The molecule has 1 aromatic carbocycles. The van der Waals surface area contributed by atoms with Crippen molar-refractivity contribution in [3.8, 4) is 0 Å². The molecule has 0 spiro atoms. The molecule has 1 aromatic rings. The first-order chi connectivity index (χ1) is 6.70. The van der Waals surface area contributed by atoms with E-state index in [0.29, 0.717) is 11.7 Å². The zero-order valence-electron chi connectivity index (χ0n) is 8.35. The van der Waals surface area contributed by atoms with Crippen LogP contribution in [0.4, 0.5) is 0 Å². The van der Waals surface area contributed by atoms with Gasteiger partial charge < -0.3 is 0 Å². The summed E-state index contributed by atoms with van der Waals surface area (Å²) in [5, 5.41) is 0. The Morgan fingerprint density at radius 2 is 1.86 bits per heavy atom. The first-order valence-electron chi connectivity index (χ1n) is 4.87. The van der Waals surface area contributed by atoms with Crippen molar-refractivity contribution in [1.29, 1.82) is 0 Å². The Bertz CT molecular complexity index is 322. The second-order valence-electron chi connectivity index (χ2n) is 3.51. The first kappa shape index (κ1) is 11.2. The van der Waals surface area contributed by atoms with Crippen LogP contribution in [0.1, 0.15) is 31.2 Å². The molecule has 0 aliphatic rings. The van der Waals surface area contributed by atoms with E-state index >= 15 is 0 Å². The molecule has 0 amide bonds. The molecule has 1 rings (SSSR count). The van der Waals surface area contributed by atoms with Crippen LogP contribution in [0.15, 0.2) is 30.3 Å². The largest absolute Gasteiger partial charge is 0.232 e. The van der Waals surface area contributed by atoms with E-state index in [-0.39, 0.29) is 0 Å². The molecule has 78 valence electrons. The number of hydrogen-bond acceptors (Lipinski definition) is 2. The van der Waals surface area contributed by atoms with Crippen LogP contribution in [0, 0.1) is 0 Å². The molecule has 3 heteroatoms. The summed E-state index contributed by atoms with van der Waals surface area (Å²) >= 11 is 0. The van der Waals surface area contributed by atoms with Gasteiger partial charge in [0, 0.05) is 5.75 Å². The second kappa shape index (κ2) is 5.81. The summed E-state index contributed by atoms with van der Waals surface area (Å²) in [5.41, 5.74) is 1.29. The third kappa shape index (κ3) is 3.92. The minimum absolute atomic E-state index is 0.312. The van der Waals surface area contributed by atoms with Crippen molar-refractivity contribution in [2.24, 2.45) is 0 Å². The lowest BCUT2D eigenvalue weighted by atomic mass is 9.97. The fourth-order valence-electron chi connectivity index (χ4n) is 1.47. The van der Waals surface area contributed by atoms with E-state index in [1.165, 1.54) is 5.56 Å². The van der Waals surface area contributed by atoms with Gasteiger partial charge in [-0.3, -0.25) is 0 Å². The molecule has 0 saturated carbocycles. The van der Waals surface area contributed by atoms with Gasteiger partial charge in [0.2, 0.25) is 0 Å². The lowest BCUT2D eigenvalue weighted by Crippen LogP contribution is -1.96. The first-order valence-corrected chi connectivity index (χ1v) is 6.23. The minimum Gasteiger partial charge on any atom is -0.232 e. The highest BCUT2D eigenvalue weighted by Gasteiger charge is 2.03. The van der Waals surface area contributed by atoms with Gasteiger partial charge in [-0.25, -0.2) is 8.42 Å². The normalized spacial score (nSPS) is 13.0. The van der Waals surface area contributed by atoms with Crippen molar-refractivity contribution in [1.82, 2.24) is 0 Å². The van der Waals surface area contributed by atoms with Gasteiger partial charge in [0.1, 0.15) is 10.7 Å². The summed E-state index contributed by atoms with van der Waals surface area (Å²) in [4.78, 5) is 0. The number of hydrogen-bond donors (Lipinski definition) is 1. The predicted molar refractivity (Wildman–Crippen MR) is 59.3 cm³/mol. The molecule has 0 aliphatic heterocycles. The van der Waals surface area contributed by atoms with Crippen LogP contribution in [0.2, 0.25) is 0 Å². The highest BCUT2D eigenvalue weighted by Crippen LogP contribution is 2.19. The third-order valence-electron chi connectivity index (χ3n) is 2.35. The van der Waals surface area contributed by atoms with Gasteiger partial charge in [0.05, 0.1) is 0 Å². The van der Waals surface area contributed by atoms with Crippen molar-refractivity contribution in [2.75, 3.05) is 5.75 Å². The average Bonchev–Trinajstić information content (AvgIpc) is 2.18. The average molecular weight is 212 g/mol. The van der Waals surface area contributed by atoms with Crippen LogP contribution in [0.3, 0.4) is 0 Å². The van der Waals surface area contributed by atoms with Crippen LogP contribution < -0.4 is 0 Å². The molecule has 0 bridgehead atoms. The molecule has 0 aliphatic carbocycles. The fraction of sp³-hybridized carbons (Fsp3) is 0.455. The van der Waals surface area contributed by atoms with Gasteiger partial charge in [0.15, 0.2) is 0 Å². The maximum Gasteiger partial charge on any atom is 0.140 e. The van der Waals surface area contributed by atoms with Crippen molar-refractivity contribution in [3.05, 3.63) is 35.9 Å². The second-order valence-corrected chi connectivity index (χ2v) is 4.62. The SMILES string of the molecule is CC(CCC[SH](=O)=O)c1ccccc1. The molecule has 1 unspecified atom stereocenters. The van der Waals surface area contributed by atoms with E-state index in [2.05, 4.69) is 19.1 Å². The molecule has 2 nitrogen and oxygen atoms in total. The van der Waals surface area contributed by atoms with Gasteiger partial charge in [0.25, 0.3) is 0 Å². The topological polar surface area (TPSA) is 34.1 Å². The zero-order chi connectivity index (χ0) is 10.4. The lowest BCUT2D eigenvalue weighted by molar-refractivity contribution is 0.603. The Hall–Kier alpha value is -0.830. The van der Waals surface area contributed by atoms with Crippen LogP contribution in [0.5, 0.6) is 0 Å². The summed E-state index contributed by atoms with van der Waals surface area (Å²) in [6.07, 6.45) is 1.70. The van der Waals surface area contributed by atoms with Crippen molar-refractivity contribution >= 4 is 10.7 Å². The Balaban J connectivity index is 2.39. The van der Waals surface area contributed by atoms with Crippen molar-refractivity contribution < 1.29 is 8.42 Å². The molecule has 0 N–H and O–H groups in total. The molecule has 0 aromatic heterocycles. The molecule has 0 radical (unpaired) electrons. The predicted octanol–water partition coefficient (Wildman–Crippen LogP) is 2.18. The molecule has 1 atom stereocenters. The van der Waals surface area contributed by atoms with Crippen molar-refractivity contribution in [2.45, 2.75) is 25.7 Å². The zero-order valence-corrected chi connectivity index (χ0v) is 9.24. The summed E-state index contributed by atoms with van der Waals surface area (Å²) in [6.45, 7) is 2.13. The Morgan fingerprint density at radius 3 is 2.43 bits per heavy atom. The number of rotatable bonds is 5. The molecule has 0 fully saturated rings. The smallest absolute Gasteiger partial charge is 0.140 e. The standard InChI is InChI=1S/C11H16O2S/c1-10(6-5-9-14(12)13)11-7-3-2-4-8-11/h2-4,7-8,10,14H,5-6,9H2,1H3. The quantitative estimate of drug-likeness (QED) is 0.759. The third-order valence-corrected chi connectivity index (χ3v) is 3.03. The molecule has 0 heterocycles. The highest BCUT2D eigenvalue weighted by atomic mass is 32.2. The summed E-state index contributed by atoms with van der Waals surface area (Å²) in [7, 11) is -2.20. The number of thiol groups is 1. The Kier molecular flexibility index (Phi) is 4.66. The summed E-state index contributed by atoms with van der Waals surface area (Å²) < 4.78 is 20.7. The van der Waals surface area contributed by atoms with Crippen LogP contribution >= 0.6 is 0 Å². The van der Waals surface area contributed by atoms with Gasteiger partial charge in [-0.05, 0) is 24.3 Å². The van der Waals surface area contributed by atoms with Gasteiger partial charge in [-0.2, -0.15) is 0 Å². The van der Waals surface area contributed by atoms with E-state index < -0.39 is 10.7 Å². The lowest BCUT2D eigenvalue weighted by Gasteiger charge is -2.09. The highest BCUT2D eigenvalue weighted by molar-refractivity contribution is 7.72. The van der Waals surface area contributed by atoms with Crippen LogP contribution in [-0.2, 0) is 10.7 Å². The Morgan fingerprint density at radius 1 is 1.21 bits per heavy atom. The summed E-state index contributed by atoms with van der Waals surface area (Å²) in [6, 6.07) is 10.2. The van der Waals surface area contributed by atoms with Crippen LogP contribution in [0.25, 0.3) is 0 Å². The monoisotopic (exact) mass is 212 g/mol. The van der Waals surface area contributed by atoms with Gasteiger partial charge >= 0.3 is 0 Å². The molecule has 0 saturated heterocycles. The molecular weight excluding hydrogens is 196 g/mol. The number of benzene rings is 1. The van der Waals surface area contributed by atoms with Gasteiger partial charge in [-0.15, -0.1) is 0 Å². The molecular formula is C11H16O2S. The van der Waals surface area contributed by atoms with E-state index in [4.69, 9.17) is 0 Å². The minimum atomic E-state index is -2.20. The Labute approximate surface area is 86.9 Å². The van der Waals surface area contributed by atoms with Gasteiger partial charge in [-0.1, -0.05) is 37.3 Å². The van der Waals surface area contributed by atoms with E-state index in [0.717, 1.165) is 12.8 Å².